The minimum Gasteiger partial charge on any atom is -0.0776 e. The molecule has 0 nitrogen and oxygen atoms in total. The summed E-state index contributed by atoms with van der Waals surface area (Å²) >= 11 is 0. The molecule has 4 aromatic carbocycles. The Morgan fingerprint density at radius 2 is 0.194 bits per heavy atom. The lowest BCUT2D eigenvalue weighted by molar-refractivity contribution is 1.50. The summed E-state index contributed by atoms with van der Waals surface area (Å²) in [5.74, 6) is 0. The predicted octanol–water partition coefficient (Wildman–Crippen LogP) is 14.4. The third-order valence-corrected chi connectivity index (χ3v) is 2.67. The van der Waals surface area contributed by atoms with E-state index in [9.17, 15) is 0 Å². The van der Waals surface area contributed by atoms with Crippen molar-refractivity contribution >= 4 is 0 Å². The van der Waals surface area contributed by atoms with E-state index in [-0.39, 0.29) is 35.4 Å². The van der Waals surface area contributed by atoms with Gasteiger partial charge in [0.15, 0.2) is 0 Å². The van der Waals surface area contributed by atoms with Crippen LogP contribution in [0.2, 0.25) is 0 Å². The number of hydrogen-bond donors (Lipinski definition) is 0. The minimum atomic E-state index is 0. The van der Waals surface area contributed by atoms with E-state index in [1.54, 1.807) is 0 Å². The van der Waals surface area contributed by atoms with Crippen molar-refractivity contribution in [3.05, 3.63) is 146 Å². The van der Waals surface area contributed by atoms with E-state index in [4.69, 9.17) is 0 Å². The maximum absolute atomic E-state index is 2.00. The summed E-state index contributed by atoms with van der Waals surface area (Å²) in [6.07, 6.45) is 0. The van der Waals surface area contributed by atoms with Crippen LogP contribution in [-0.4, -0.2) is 0 Å². The van der Waals surface area contributed by atoms with Gasteiger partial charge in [0, 0.05) is 5.71 Å². The van der Waals surface area contributed by atoms with Gasteiger partial charge in [-0.1, -0.05) is 231 Å². The molecule has 0 saturated carbocycles. The highest BCUT2D eigenvalue weighted by molar-refractivity contribution is 5.00. The van der Waals surface area contributed by atoms with E-state index < -0.39 is 0 Å². The molecule has 0 aliphatic carbocycles. The summed E-state index contributed by atoms with van der Waals surface area (Å²) in [6, 6.07) is 48.0. The van der Waals surface area contributed by atoms with Crippen molar-refractivity contribution in [2.45, 2.75) is 85.1 Å². The molecule has 0 fully saturated rings. The van der Waals surface area contributed by atoms with Gasteiger partial charge in [-0.3, -0.25) is 0 Å². The second kappa shape index (κ2) is 69.7. The summed E-state index contributed by atoms with van der Waals surface area (Å²) in [7, 11) is 0. The van der Waals surface area contributed by atoms with E-state index in [0.29, 0.717) is 0 Å². The van der Waals surface area contributed by atoms with Crippen molar-refractivity contribution in [1.29, 1.82) is 0 Å². The lowest BCUT2D eigenvalue weighted by Crippen LogP contribution is -1.47. The van der Waals surface area contributed by atoms with Gasteiger partial charge in [-0.15, -0.1) is 0 Å². The Hall–Kier alpha value is -3.12. The van der Waals surface area contributed by atoms with Gasteiger partial charge >= 0.3 is 0 Å². The maximum atomic E-state index is 2.00. The molecule has 4 rings (SSSR count). The Morgan fingerprint density at radius 1 is 0.167 bits per heavy atom. The van der Waals surface area contributed by atoms with Crippen LogP contribution in [0.4, 0.5) is 0 Å². The normalized spacial score (nSPS) is 6.00. The summed E-state index contributed by atoms with van der Waals surface area (Å²) in [6.45, 7) is 16.0. The van der Waals surface area contributed by atoms with Crippen LogP contribution in [0.3, 0.4) is 0 Å². The predicted molar refractivity (Wildman–Crippen MR) is 187 cm³/mol. The molecular formula is C36H72. The molecule has 0 unspecified atom stereocenters. The van der Waals surface area contributed by atoms with Gasteiger partial charge in [0.1, 0.15) is 0 Å². The highest BCUT2D eigenvalue weighted by Gasteiger charge is 1.59. The summed E-state index contributed by atoms with van der Waals surface area (Å²) in [5, 5.41) is 0. The standard InChI is InChI=1S/4C6H6.4C2H6.4CH4.4H2/c4*1-2-4-6-5-3-1;4*1-2;;;;;;;;/h4*1-6H;4*1-2H3;4*1H4;4*1H/i;;;;;;;;;;;;4*1+1. The Bertz CT molecular complexity index is 433. The summed E-state index contributed by atoms with van der Waals surface area (Å²) in [5.41, 5.74) is 0. The van der Waals surface area contributed by atoms with Crippen molar-refractivity contribution in [3.8, 4) is 0 Å². The molecule has 0 aliphatic heterocycles. The molecule has 36 heavy (non-hydrogen) atoms. The summed E-state index contributed by atoms with van der Waals surface area (Å²) in [4.78, 5) is 0. The van der Waals surface area contributed by atoms with Crippen molar-refractivity contribution in [3.63, 3.8) is 0 Å². The molecular weight excluding hydrogens is 432 g/mol. The van der Waals surface area contributed by atoms with Crippen LogP contribution in [0.25, 0.3) is 0 Å². The molecule has 0 N–H and O–H groups in total. The molecule has 0 spiro atoms. The van der Waals surface area contributed by atoms with Gasteiger partial charge in [0.2, 0.25) is 0 Å². The molecule has 0 heterocycles. The first-order chi connectivity index (χ1) is 16.0. The first kappa shape index (κ1) is 54.0. The second-order valence-corrected chi connectivity index (χ2v) is 4.62. The van der Waals surface area contributed by atoms with Crippen molar-refractivity contribution < 1.29 is 5.71 Å². The second-order valence-electron chi connectivity index (χ2n) is 4.62. The molecule has 0 bridgehead atoms. The van der Waals surface area contributed by atoms with Gasteiger partial charge in [-0.05, 0) is 0 Å². The molecule has 0 aliphatic rings. The highest BCUT2D eigenvalue weighted by atomic mass is 13.7. The third kappa shape index (κ3) is 63.2. The molecule has 0 radical (unpaired) electrons. The van der Waals surface area contributed by atoms with Crippen LogP contribution in [0.5, 0.6) is 0 Å². The number of hydrogen-bond acceptors (Lipinski definition) is 0. The molecule has 0 atom stereocenters. The maximum Gasteiger partial charge on any atom is 0 e. The first-order valence-corrected chi connectivity index (χ1v) is 12.0. The monoisotopic (exact) mass is 509 g/mol. The fourth-order valence-electron chi connectivity index (χ4n) is 1.54. The molecule has 0 saturated heterocycles. The van der Waals surface area contributed by atoms with Crippen molar-refractivity contribution in [2.75, 3.05) is 0 Å². The highest BCUT2D eigenvalue weighted by Crippen LogP contribution is 1.81. The van der Waals surface area contributed by atoms with Gasteiger partial charge in [0.05, 0.1) is 0 Å². The van der Waals surface area contributed by atoms with Crippen LogP contribution in [0, 0.1) is 0 Å². The lowest BCUT2D eigenvalue weighted by Gasteiger charge is -1.69. The Balaban J connectivity index is -0.0000000227. The minimum absolute atomic E-state index is 0. The fourth-order valence-corrected chi connectivity index (χ4v) is 1.54. The van der Waals surface area contributed by atoms with Crippen LogP contribution < -0.4 is 0 Å². The molecule has 216 valence electrons. The van der Waals surface area contributed by atoms with E-state index >= 15 is 0 Å². The van der Waals surface area contributed by atoms with Crippen LogP contribution in [-0.2, 0) is 0 Å². The lowest BCUT2D eigenvalue weighted by atomic mass is 10.4. The Morgan fingerprint density at radius 3 is 0.222 bits per heavy atom. The third-order valence-electron chi connectivity index (χ3n) is 2.67. The zero-order valence-electron chi connectivity index (χ0n) is 21.9. The first-order valence-electron chi connectivity index (χ1n) is 12.0. The van der Waals surface area contributed by atoms with Crippen molar-refractivity contribution in [2.24, 2.45) is 0 Å². The van der Waals surface area contributed by atoms with E-state index in [1.807, 2.05) is 201 Å². The Labute approximate surface area is 236 Å². The van der Waals surface area contributed by atoms with E-state index in [1.165, 1.54) is 0 Å². The Kier molecular flexibility index (Phi) is 105. The average molecular weight is 509 g/mol. The quantitative estimate of drug-likeness (QED) is 0.221. The van der Waals surface area contributed by atoms with E-state index in [0.717, 1.165) is 0 Å². The zero-order chi connectivity index (χ0) is 25.0. The van der Waals surface area contributed by atoms with Gasteiger partial charge in [0.25, 0.3) is 0 Å². The molecule has 0 heteroatoms. The van der Waals surface area contributed by atoms with Crippen LogP contribution in [0.15, 0.2) is 146 Å². The van der Waals surface area contributed by atoms with Gasteiger partial charge < -0.3 is 0 Å². The topological polar surface area (TPSA) is 0 Å². The van der Waals surface area contributed by atoms with Gasteiger partial charge in [-0.25, -0.2) is 0 Å². The zero-order valence-corrected chi connectivity index (χ0v) is 21.9. The molecule has 4 aromatic rings. The van der Waals surface area contributed by atoms with Crippen LogP contribution in [0.1, 0.15) is 90.8 Å². The largest absolute Gasteiger partial charge is 0.0776 e. The summed E-state index contributed by atoms with van der Waals surface area (Å²) < 4.78 is 0. The molecule has 0 amide bonds. The van der Waals surface area contributed by atoms with Crippen LogP contribution >= 0.6 is 0 Å². The molecule has 0 aromatic heterocycles. The number of rotatable bonds is 0. The number of benzene rings is 4. The fraction of sp³-hybridized carbons (Fsp3) is 0.333. The van der Waals surface area contributed by atoms with E-state index in [2.05, 4.69) is 0 Å². The smallest absolute Gasteiger partial charge is 0 e. The average Bonchev–Trinajstić information content (AvgIpc) is 2.98. The van der Waals surface area contributed by atoms with Crippen molar-refractivity contribution in [1.82, 2.24) is 0 Å². The SMILES string of the molecule is C.C.C.C.CC.CC.CC.CC.[2HH].[2HH].[2HH].[2HH].c1ccccc1.c1ccccc1.c1ccccc1.c1ccccc1. The van der Waals surface area contributed by atoms with Gasteiger partial charge in [-0.2, -0.15) is 0 Å².